The second kappa shape index (κ2) is 7.12. The van der Waals surface area contributed by atoms with Crippen LogP contribution in [0, 0.1) is 11.6 Å². The third kappa shape index (κ3) is 4.24. The lowest BCUT2D eigenvalue weighted by molar-refractivity contribution is 0.504. The second-order valence-corrected chi connectivity index (χ2v) is 5.98. The van der Waals surface area contributed by atoms with Crippen LogP contribution < -0.4 is 10.0 Å². The lowest BCUT2D eigenvalue weighted by Crippen LogP contribution is -2.29. The molecule has 4 nitrogen and oxygen atoms in total. The number of sulfonamides is 1. The Balaban J connectivity index is 0.00000200. The molecule has 1 aromatic carbocycles. The maximum Gasteiger partial charge on any atom is 0.240 e. The molecule has 0 fully saturated rings. The van der Waals surface area contributed by atoms with Crippen LogP contribution in [0.25, 0.3) is 0 Å². The number of hydrogen-bond acceptors (Lipinski definition) is 3. The molecule has 0 radical (unpaired) electrons. The molecule has 0 unspecified atom stereocenters. The molecule has 112 valence electrons. The first-order chi connectivity index (χ1) is 8.99. The van der Waals surface area contributed by atoms with Gasteiger partial charge in [0.15, 0.2) is 11.6 Å². The Kier molecular flexibility index (Phi) is 6.07. The molecule has 2 N–H and O–H groups in total. The van der Waals surface area contributed by atoms with Crippen LogP contribution in [0.4, 0.5) is 8.78 Å². The Labute approximate surface area is 122 Å². The van der Waals surface area contributed by atoms with Crippen LogP contribution >= 0.6 is 12.4 Å². The molecule has 20 heavy (non-hydrogen) atoms. The highest BCUT2D eigenvalue weighted by atomic mass is 35.5. The van der Waals surface area contributed by atoms with E-state index in [9.17, 15) is 17.2 Å². The monoisotopic (exact) mass is 324 g/mol. The van der Waals surface area contributed by atoms with Crippen LogP contribution in [0.1, 0.15) is 6.42 Å². The molecule has 1 aliphatic rings. The molecular formula is C12H15ClF2N2O2S. The van der Waals surface area contributed by atoms with Gasteiger partial charge in [-0.25, -0.2) is 21.9 Å². The summed E-state index contributed by atoms with van der Waals surface area (Å²) in [5.41, 5.74) is 0.977. The van der Waals surface area contributed by atoms with Crippen molar-refractivity contribution in [3.05, 3.63) is 41.5 Å². The molecule has 0 aromatic heterocycles. The maximum absolute atomic E-state index is 13.0. The van der Waals surface area contributed by atoms with Gasteiger partial charge in [0, 0.05) is 13.1 Å². The van der Waals surface area contributed by atoms with E-state index in [1.807, 2.05) is 6.08 Å². The fourth-order valence-corrected chi connectivity index (χ4v) is 2.79. The number of benzene rings is 1. The number of halogens is 3. The summed E-state index contributed by atoms with van der Waals surface area (Å²) in [4.78, 5) is -0.277. The fourth-order valence-electron chi connectivity index (χ4n) is 1.75. The average molecular weight is 325 g/mol. The van der Waals surface area contributed by atoms with Gasteiger partial charge in [-0.05, 0) is 31.2 Å². The van der Waals surface area contributed by atoms with E-state index in [4.69, 9.17) is 0 Å². The van der Waals surface area contributed by atoms with Crippen molar-refractivity contribution >= 4 is 22.4 Å². The molecule has 1 heterocycles. The third-order valence-electron chi connectivity index (χ3n) is 2.85. The highest BCUT2D eigenvalue weighted by Gasteiger charge is 2.17. The molecule has 0 saturated heterocycles. The lowest BCUT2D eigenvalue weighted by atomic mass is 10.1. The van der Waals surface area contributed by atoms with Gasteiger partial charge in [-0.2, -0.15) is 0 Å². The van der Waals surface area contributed by atoms with Crippen LogP contribution in [0.15, 0.2) is 34.7 Å². The van der Waals surface area contributed by atoms with Crippen molar-refractivity contribution in [1.29, 1.82) is 0 Å². The van der Waals surface area contributed by atoms with Gasteiger partial charge in [0.25, 0.3) is 0 Å². The zero-order chi connectivity index (χ0) is 13.9. The summed E-state index contributed by atoms with van der Waals surface area (Å²) in [5, 5.41) is 3.11. The summed E-state index contributed by atoms with van der Waals surface area (Å²) in [7, 11) is -3.82. The molecule has 8 heteroatoms. The number of nitrogens with one attached hydrogen (secondary N) is 2. The smallest absolute Gasteiger partial charge is 0.240 e. The van der Waals surface area contributed by atoms with Crippen molar-refractivity contribution in [2.45, 2.75) is 11.3 Å². The largest absolute Gasteiger partial charge is 0.313 e. The molecule has 0 bridgehead atoms. The van der Waals surface area contributed by atoms with Gasteiger partial charge in [-0.1, -0.05) is 11.6 Å². The van der Waals surface area contributed by atoms with E-state index < -0.39 is 21.7 Å². The predicted octanol–water partition coefficient (Wildman–Crippen LogP) is 1.58. The maximum atomic E-state index is 13.0. The average Bonchev–Trinajstić information content (AvgIpc) is 2.41. The Morgan fingerprint density at radius 2 is 2.00 bits per heavy atom. The van der Waals surface area contributed by atoms with Gasteiger partial charge in [0.2, 0.25) is 10.0 Å². The quantitative estimate of drug-likeness (QED) is 0.827. The normalized spacial score (nSPS) is 15.4. The SMILES string of the molecule is Cl.O=S(=O)(NCC1=CCNCC1)c1ccc(F)c(F)c1. The predicted molar refractivity (Wildman–Crippen MR) is 74.4 cm³/mol. The molecule has 2 rings (SSSR count). The Morgan fingerprint density at radius 3 is 2.60 bits per heavy atom. The van der Waals surface area contributed by atoms with Gasteiger partial charge in [-0.3, -0.25) is 0 Å². The van der Waals surface area contributed by atoms with Gasteiger partial charge in [-0.15, -0.1) is 12.4 Å². The lowest BCUT2D eigenvalue weighted by Gasteiger charge is -2.14. The van der Waals surface area contributed by atoms with Crippen LogP contribution in [-0.2, 0) is 10.0 Å². The third-order valence-corrected chi connectivity index (χ3v) is 4.25. The highest BCUT2D eigenvalue weighted by molar-refractivity contribution is 7.89. The second-order valence-electron chi connectivity index (χ2n) is 4.22. The fraction of sp³-hybridized carbons (Fsp3) is 0.333. The van der Waals surface area contributed by atoms with Crippen molar-refractivity contribution in [2.24, 2.45) is 0 Å². The van der Waals surface area contributed by atoms with E-state index in [0.717, 1.165) is 30.7 Å². The molecule has 0 aliphatic carbocycles. The van der Waals surface area contributed by atoms with E-state index in [-0.39, 0.29) is 23.8 Å². The van der Waals surface area contributed by atoms with E-state index in [0.29, 0.717) is 12.6 Å². The molecule has 0 atom stereocenters. The summed E-state index contributed by atoms with van der Waals surface area (Å²) in [6.07, 6.45) is 2.68. The van der Waals surface area contributed by atoms with Crippen molar-refractivity contribution in [3.8, 4) is 0 Å². The highest BCUT2D eigenvalue weighted by Crippen LogP contribution is 2.14. The van der Waals surface area contributed by atoms with Gasteiger partial charge >= 0.3 is 0 Å². The van der Waals surface area contributed by atoms with Crippen molar-refractivity contribution < 1.29 is 17.2 Å². The zero-order valence-electron chi connectivity index (χ0n) is 10.5. The molecule has 1 aromatic rings. The summed E-state index contributed by atoms with van der Waals surface area (Å²) < 4.78 is 51.9. The zero-order valence-corrected chi connectivity index (χ0v) is 12.2. The standard InChI is InChI=1S/C12H14F2N2O2S.ClH/c13-11-2-1-10(7-12(11)14)19(17,18)16-8-9-3-5-15-6-4-9;/h1-3,7,15-16H,4-6,8H2;1H. The topological polar surface area (TPSA) is 58.2 Å². The molecule has 0 spiro atoms. The molecule has 1 aliphatic heterocycles. The van der Waals surface area contributed by atoms with E-state index in [2.05, 4.69) is 10.0 Å². The van der Waals surface area contributed by atoms with Crippen LogP contribution in [0.5, 0.6) is 0 Å². The minimum Gasteiger partial charge on any atom is -0.313 e. The Hall–Kier alpha value is -1.02. The van der Waals surface area contributed by atoms with Gasteiger partial charge < -0.3 is 5.32 Å². The first-order valence-electron chi connectivity index (χ1n) is 5.82. The molecule has 0 amide bonds. The van der Waals surface area contributed by atoms with Crippen molar-refractivity contribution in [3.63, 3.8) is 0 Å². The summed E-state index contributed by atoms with van der Waals surface area (Å²) in [6.45, 7) is 1.70. The van der Waals surface area contributed by atoms with Crippen LogP contribution in [0.2, 0.25) is 0 Å². The Bertz CT molecular complexity index is 605. The number of hydrogen-bond donors (Lipinski definition) is 2. The summed E-state index contributed by atoms with van der Waals surface area (Å²) in [6, 6.07) is 2.51. The Morgan fingerprint density at radius 1 is 1.25 bits per heavy atom. The molecular weight excluding hydrogens is 310 g/mol. The number of rotatable bonds is 4. The summed E-state index contributed by atoms with van der Waals surface area (Å²) in [5.74, 6) is -2.25. The minimum absolute atomic E-state index is 0. The van der Waals surface area contributed by atoms with Crippen molar-refractivity contribution in [2.75, 3.05) is 19.6 Å². The summed E-state index contributed by atoms with van der Waals surface area (Å²) >= 11 is 0. The van der Waals surface area contributed by atoms with Crippen molar-refractivity contribution in [1.82, 2.24) is 10.0 Å². The first-order valence-corrected chi connectivity index (χ1v) is 7.31. The first kappa shape index (κ1) is 17.0. The van der Waals surface area contributed by atoms with Gasteiger partial charge in [0.1, 0.15) is 0 Å². The van der Waals surface area contributed by atoms with E-state index in [1.54, 1.807) is 0 Å². The van der Waals surface area contributed by atoms with Crippen LogP contribution in [-0.4, -0.2) is 28.1 Å². The van der Waals surface area contributed by atoms with E-state index in [1.165, 1.54) is 0 Å². The minimum atomic E-state index is -3.82. The van der Waals surface area contributed by atoms with E-state index >= 15 is 0 Å². The molecule has 0 saturated carbocycles. The van der Waals surface area contributed by atoms with Gasteiger partial charge in [0.05, 0.1) is 4.90 Å². The van der Waals surface area contributed by atoms with Crippen LogP contribution in [0.3, 0.4) is 0 Å².